The third-order valence-electron chi connectivity index (χ3n) is 7.58. The number of aromatic nitrogens is 1. The first-order chi connectivity index (χ1) is 20.3. The summed E-state index contributed by atoms with van der Waals surface area (Å²) in [4.78, 5) is 36.5. The molecule has 2 amide bonds. The summed E-state index contributed by atoms with van der Waals surface area (Å²) in [6.45, 7) is 14.6. The molecule has 4 heterocycles. The third-order valence-corrected chi connectivity index (χ3v) is 7.58. The van der Waals surface area contributed by atoms with Crippen molar-refractivity contribution in [3.05, 3.63) is 41.1 Å². The zero-order valence-electron chi connectivity index (χ0n) is 25.9. The van der Waals surface area contributed by atoms with Crippen LogP contribution < -0.4 is 14.5 Å². The number of likely N-dealkylation sites (tertiary alicyclic amines) is 1. The number of piperidine rings is 1. The van der Waals surface area contributed by atoms with Crippen LogP contribution in [0.15, 0.2) is 24.4 Å². The molecule has 0 radical (unpaired) electrons. The van der Waals surface area contributed by atoms with Gasteiger partial charge >= 0.3 is 12.2 Å². The van der Waals surface area contributed by atoms with Crippen molar-refractivity contribution < 1.29 is 28.5 Å². The highest BCUT2D eigenvalue weighted by Crippen LogP contribution is 2.45. The molecule has 0 spiro atoms. The van der Waals surface area contributed by atoms with Gasteiger partial charge in [-0.3, -0.25) is 0 Å². The molecule has 0 bridgehead atoms. The summed E-state index contributed by atoms with van der Waals surface area (Å²) in [7, 11) is 0. The van der Waals surface area contributed by atoms with Crippen molar-refractivity contribution in [3.63, 3.8) is 0 Å². The van der Waals surface area contributed by atoms with Gasteiger partial charge in [0.2, 0.25) is 0 Å². The number of rotatable bonds is 2. The van der Waals surface area contributed by atoms with Gasteiger partial charge < -0.3 is 28.7 Å². The van der Waals surface area contributed by atoms with Gasteiger partial charge in [0.25, 0.3) is 0 Å². The summed E-state index contributed by atoms with van der Waals surface area (Å²) in [5, 5.41) is 9.99. The SMILES string of the molecule is CC(C)(C)OC(=O)N1CCC(c2ccc3c(c2)N(C(=O)OC(C)(C)C)c2ncc(C#N)c(N4CCOCC4)c2CO3)CC1. The fraction of sp³-hybridized carbons (Fsp3) is 0.562. The predicted molar refractivity (Wildman–Crippen MR) is 161 cm³/mol. The molecule has 3 aliphatic rings. The first-order valence-electron chi connectivity index (χ1n) is 14.9. The van der Waals surface area contributed by atoms with Crippen molar-refractivity contribution in [1.29, 1.82) is 5.26 Å². The Morgan fingerprint density at radius 2 is 1.63 bits per heavy atom. The fourth-order valence-corrected chi connectivity index (χ4v) is 5.65. The van der Waals surface area contributed by atoms with E-state index < -0.39 is 17.3 Å². The lowest BCUT2D eigenvalue weighted by atomic mass is 9.89. The van der Waals surface area contributed by atoms with Gasteiger partial charge in [-0.2, -0.15) is 5.26 Å². The molecule has 0 aliphatic carbocycles. The molecule has 5 rings (SSSR count). The second-order valence-electron chi connectivity index (χ2n) is 13.1. The number of benzene rings is 1. The molecule has 2 aromatic rings. The maximum atomic E-state index is 13.9. The number of carbonyl (C=O) groups is 2. The molecule has 3 aliphatic heterocycles. The number of fused-ring (bicyclic) bond motifs is 2. The van der Waals surface area contributed by atoms with Crippen LogP contribution in [0.5, 0.6) is 5.75 Å². The molecule has 43 heavy (non-hydrogen) atoms. The maximum absolute atomic E-state index is 13.9. The Morgan fingerprint density at radius 1 is 0.977 bits per heavy atom. The summed E-state index contributed by atoms with van der Waals surface area (Å²) in [6, 6.07) is 8.14. The van der Waals surface area contributed by atoms with E-state index in [9.17, 15) is 14.9 Å². The van der Waals surface area contributed by atoms with Crippen molar-refractivity contribution in [1.82, 2.24) is 9.88 Å². The highest BCUT2D eigenvalue weighted by molar-refractivity contribution is 5.99. The van der Waals surface area contributed by atoms with Crippen molar-refractivity contribution in [2.75, 3.05) is 49.2 Å². The minimum absolute atomic E-state index is 0.129. The molecular formula is C32H41N5O6. The largest absolute Gasteiger partial charge is 0.486 e. The lowest BCUT2D eigenvalue weighted by Gasteiger charge is -2.34. The standard InChI is InChI=1S/C32H41N5O6/c1-31(2,3)42-29(38)36-11-9-21(10-12-36)22-7-8-26-25(17-22)37(30(39)43-32(4,5)6)28-24(20-41-26)27(23(18-33)19-34-28)35-13-15-40-16-14-35/h7-8,17,19,21H,9-16,20H2,1-6H3. The molecule has 2 fully saturated rings. The lowest BCUT2D eigenvalue weighted by Crippen LogP contribution is -2.41. The van der Waals surface area contributed by atoms with E-state index in [-0.39, 0.29) is 18.6 Å². The van der Waals surface area contributed by atoms with Crippen LogP contribution in [0.1, 0.15) is 77.0 Å². The average molecular weight is 592 g/mol. The van der Waals surface area contributed by atoms with Crippen molar-refractivity contribution in [3.8, 4) is 11.8 Å². The number of nitrogens with zero attached hydrogens (tertiary/aromatic N) is 5. The summed E-state index contributed by atoms with van der Waals surface area (Å²) < 4.78 is 23.3. The van der Waals surface area contributed by atoms with E-state index in [1.807, 2.05) is 59.7 Å². The van der Waals surface area contributed by atoms with E-state index in [4.69, 9.17) is 18.9 Å². The van der Waals surface area contributed by atoms with E-state index in [2.05, 4.69) is 16.0 Å². The number of amides is 2. The Kier molecular flexibility index (Phi) is 8.43. The summed E-state index contributed by atoms with van der Waals surface area (Å²) >= 11 is 0. The predicted octanol–water partition coefficient (Wildman–Crippen LogP) is 5.87. The number of ether oxygens (including phenoxy) is 4. The van der Waals surface area contributed by atoms with Gasteiger partial charge in [0, 0.05) is 32.4 Å². The Hall–Kier alpha value is -4.04. The third kappa shape index (κ3) is 6.80. The molecule has 0 atom stereocenters. The maximum Gasteiger partial charge on any atom is 0.420 e. The number of morpholine rings is 1. The van der Waals surface area contributed by atoms with Crippen molar-refractivity contribution in [2.24, 2.45) is 0 Å². The second-order valence-corrected chi connectivity index (χ2v) is 13.1. The van der Waals surface area contributed by atoms with Crippen LogP contribution >= 0.6 is 0 Å². The van der Waals surface area contributed by atoms with Crippen molar-refractivity contribution >= 4 is 29.4 Å². The van der Waals surface area contributed by atoms with E-state index in [1.54, 1.807) is 4.90 Å². The van der Waals surface area contributed by atoms with Crippen LogP contribution in [0.3, 0.4) is 0 Å². The second kappa shape index (κ2) is 11.9. The molecule has 1 aromatic heterocycles. The van der Waals surface area contributed by atoms with Crippen LogP contribution in [0.25, 0.3) is 0 Å². The minimum atomic E-state index is -0.754. The normalized spacial score (nSPS) is 17.7. The Morgan fingerprint density at radius 3 is 2.26 bits per heavy atom. The molecule has 11 heteroatoms. The van der Waals surface area contributed by atoms with Gasteiger partial charge in [0.1, 0.15) is 29.6 Å². The van der Waals surface area contributed by atoms with Gasteiger partial charge in [-0.15, -0.1) is 0 Å². The summed E-state index contributed by atoms with van der Waals surface area (Å²) in [6.07, 6.45) is 2.15. The number of nitriles is 1. The first kappa shape index (κ1) is 30.4. The minimum Gasteiger partial charge on any atom is -0.486 e. The van der Waals surface area contributed by atoms with E-state index in [1.165, 1.54) is 11.1 Å². The highest BCUT2D eigenvalue weighted by atomic mass is 16.6. The molecule has 11 nitrogen and oxygen atoms in total. The number of hydrogen-bond donors (Lipinski definition) is 0. The smallest absolute Gasteiger partial charge is 0.420 e. The van der Waals surface area contributed by atoms with Gasteiger partial charge in [0.05, 0.1) is 35.7 Å². The van der Waals surface area contributed by atoms with Gasteiger partial charge in [-0.25, -0.2) is 19.5 Å². The zero-order valence-corrected chi connectivity index (χ0v) is 25.9. The van der Waals surface area contributed by atoms with Gasteiger partial charge in [-0.05, 0) is 78.0 Å². The number of anilines is 3. The Bertz CT molecular complexity index is 1410. The molecule has 0 unspecified atom stereocenters. The van der Waals surface area contributed by atoms with E-state index >= 15 is 0 Å². The number of pyridine rings is 1. The Labute approximate surface area is 253 Å². The zero-order chi connectivity index (χ0) is 30.9. The molecule has 0 saturated carbocycles. The monoisotopic (exact) mass is 591 g/mol. The quantitative estimate of drug-likeness (QED) is 0.423. The fourth-order valence-electron chi connectivity index (χ4n) is 5.65. The lowest BCUT2D eigenvalue weighted by molar-refractivity contribution is 0.0204. The summed E-state index contributed by atoms with van der Waals surface area (Å²) in [5.74, 6) is 1.07. The average Bonchev–Trinajstić information content (AvgIpc) is 3.12. The molecular weight excluding hydrogens is 550 g/mol. The van der Waals surface area contributed by atoms with Gasteiger partial charge in [-0.1, -0.05) is 6.07 Å². The van der Waals surface area contributed by atoms with Gasteiger partial charge in [0.15, 0.2) is 5.82 Å². The Balaban J connectivity index is 1.51. The van der Waals surface area contributed by atoms with Crippen LogP contribution in [0.4, 0.5) is 26.8 Å². The number of hydrogen-bond acceptors (Lipinski definition) is 9. The molecule has 230 valence electrons. The molecule has 2 saturated heterocycles. The number of carbonyl (C=O) groups excluding carboxylic acids is 2. The van der Waals surface area contributed by atoms with E-state index in [0.29, 0.717) is 73.5 Å². The first-order valence-corrected chi connectivity index (χ1v) is 14.9. The van der Waals surface area contributed by atoms with Crippen LogP contribution in [0, 0.1) is 11.3 Å². The van der Waals surface area contributed by atoms with Crippen molar-refractivity contribution in [2.45, 2.75) is 78.1 Å². The molecule has 0 N–H and O–H groups in total. The van der Waals surface area contributed by atoms with Crippen LogP contribution in [-0.4, -0.2) is 72.7 Å². The van der Waals surface area contributed by atoms with E-state index in [0.717, 1.165) is 18.4 Å². The topological polar surface area (TPSA) is 117 Å². The van der Waals surface area contributed by atoms with Crippen LogP contribution in [-0.2, 0) is 20.8 Å². The summed E-state index contributed by atoms with van der Waals surface area (Å²) in [5.41, 5.74) is 2.03. The van der Waals surface area contributed by atoms with Crippen LogP contribution in [0.2, 0.25) is 0 Å². The molecule has 1 aromatic carbocycles. The highest BCUT2D eigenvalue weighted by Gasteiger charge is 2.36.